The number of carbonyl (C=O) groups excluding carboxylic acids is 1. The van der Waals surface area contributed by atoms with Crippen LogP contribution in [0.4, 0.5) is 5.69 Å². The summed E-state index contributed by atoms with van der Waals surface area (Å²) in [6, 6.07) is 11.2. The van der Waals surface area contributed by atoms with Gasteiger partial charge in [-0.05, 0) is 50.1 Å². The maximum Gasteiger partial charge on any atom is 0.232 e. The fraction of sp³-hybridized carbons (Fsp3) is 0.292. The first-order valence-electron chi connectivity index (χ1n) is 10.7. The SMILES string of the molecule is C[C@@H]1C[C@H](n2c(CC(=O)Nc3cccnc3Cl)nc3cnc4ccc(C#N)cc4c32)CCO1. The number of benzene rings is 1. The van der Waals surface area contributed by atoms with Gasteiger partial charge in [-0.15, -0.1) is 0 Å². The molecule has 3 aromatic heterocycles. The van der Waals surface area contributed by atoms with Crippen molar-refractivity contribution in [2.75, 3.05) is 11.9 Å². The van der Waals surface area contributed by atoms with Gasteiger partial charge in [0.05, 0.1) is 47.1 Å². The summed E-state index contributed by atoms with van der Waals surface area (Å²) in [7, 11) is 0. The Morgan fingerprint density at radius 1 is 1.33 bits per heavy atom. The lowest BCUT2D eigenvalue weighted by atomic mass is 10.0. The van der Waals surface area contributed by atoms with Crippen molar-refractivity contribution in [2.45, 2.75) is 38.3 Å². The topological polar surface area (TPSA) is 106 Å². The fourth-order valence-corrected chi connectivity index (χ4v) is 4.61. The van der Waals surface area contributed by atoms with Crippen LogP contribution in [0, 0.1) is 11.3 Å². The lowest BCUT2D eigenvalue weighted by Crippen LogP contribution is -2.27. The van der Waals surface area contributed by atoms with Crippen LogP contribution in [0.1, 0.15) is 37.2 Å². The van der Waals surface area contributed by atoms with Gasteiger partial charge < -0.3 is 14.6 Å². The van der Waals surface area contributed by atoms with Crippen molar-refractivity contribution < 1.29 is 9.53 Å². The Balaban J connectivity index is 1.62. The van der Waals surface area contributed by atoms with Gasteiger partial charge in [-0.2, -0.15) is 5.26 Å². The number of fused-ring (bicyclic) bond motifs is 3. The third-order valence-corrected chi connectivity index (χ3v) is 6.19. The third kappa shape index (κ3) is 4.13. The van der Waals surface area contributed by atoms with E-state index in [1.807, 2.05) is 12.1 Å². The minimum absolute atomic E-state index is 0.0606. The van der Waals surface area contributed by atoms with E-state index in [1.165, 1.54) is 0 Å². The van der Waals surface area contributed by atoms with Crippen LogP contribution in [0.25, 0.3) is 21.9 Å². The molecule has 9 heteroatoms. The number of rotatable bonds is 4. The summed E-state index contributed by atoms with van der Waals surface area (Å²) >= 11 is 6.10. The Labute approximate surface area is 195 Å². The van der Waals surface area contributed by atoms with Crippen LogP contribution < -0.4 is 5.32 Å². The van der Waals surface area contributed by atoms with Gasteiger partial charge in [0.1, 0.15) is 11.3 Å². The molecular weight excluding hydrogens is 440 g/mol. The Hall–Kier alpha value is -3.54. The van der Waals surface area contributed by atoms with Gasteiger partial charge in [0.15, 0.2) is 5.15 Å². The molecule has 1 aliphatic heterocycles. The highest BCUT2D eigenvalue weighted by Gasteiger charge is 2.27. The molecule has 1 fully saturated rings. The number of hydrogen-bond donors (Lipinski definition) is 1. The number of pyridine rings is 2. The van der Waals surface area contributed by atoms with Crippen molar-refractivity contribution in [3.8, 4) is 6.07 Å². The summed E-state index contributed by atoms with van der Waals surface area (Å²) in [5.74, 6) is 0.398. The van der Waals surface area contributed by atoms with Crippen LogP contribution in [0.15, 0.2) is 42.7 Å². The van der Waals surface area contributed by atoms with Gasteiger partial charge in [0, 0.05) is 24.2 Å². The van der Waals surface area contributed by atoms with Crippen molar-refractivity contribution in [3.63, 3.8) is 0 Å². The van der Waals surface area contributed by atoms with Crippen LogP contribution in [0.2, 0.25) is 5.15 Å². The summed E-state index contributed by atoms with van der Waals surface area (Å²) in [5, 5.41) is 13.3. The van der Waals surface area contributed by atoms with Crippen molar-refractivity contribution in [1.82, 2.24) is 19.5 Å². The van der Waals surface area contributed by atoms with Gasteiger partial charge in [0.2, 0.25) is 5.91 Å². The second-order valence-corrected chi connectivity index (χ2v) is 8.52. The number of imidazole rings is 1. The zero-order chi connectivity index (χ0) is 22.9. The largest absolute Gasteiger partial charge is 0.378 e. The molecule has 2 atom stereocenters. The Morgan fingerprint density at radius 3 is 3.00 bits per heavy atom. The molecule has 0 bridgehead atoms. The number of anilines is 1. The molecule has 1 N–H and O–H groups in total. The maximum atomic E-state index is 12.9. The van der Waals surface area contributed by atoms with Crippen LogP contribution >= 0.6 is 11.6 Å². The lowest BCUT2D eigenvalue weighted by Gasteiger charge is -2.30. The number of nitrogens with zero attached hydrogens (tertiary/aromatic N) is 5. The summed E-state index contributed by atoms with van der Waals surface area (Å²) in [4.78, 5) is 26.3. The number of hydrogen-bond acceptors (Lipinski definition) is 6. The van der Waals surface area contributed by atoms with E-state index in [0.29, 0.717) is 29.2 Å². The normalized spacial score (nSPS) is 18.3. The molecule has 0 unspecified atom stereocenters. The van der Waals surface area contributed by atoms with Crippen molar-refractivity contribution in [1.29, 1.82) is 5.26 Å². The van der Waals surface area contributed by atoms with E-state index in [2.05, 4.69) is 32.8 Å². The van der Waals surface area contributed by atoms with E-state index in [-0.39, 0.29) is 29.6 Å². The highest BCUT2D eigenvalue weighted by atomic mass is 35.5. The van der Waals surface area contributed by atoms with Crippen molar-refractivity contribution in [3.05, 3.63) is 59.3 Å². The summed E-state index contributed by atoms with van der Waals surface area (Å²) in [6.07, 6.45) is 5.06. The summed E-state index contributed by atoms with van der Waals surface area (Å²) in [5.41, 5.74) is 3.37. The number of halogens is 1. The number of carbonyl (C=O) groups is 1. The highest BCUT2D eigenvalue weighted by molar-refractivity contribution is 6.32. The Kier molecular flexibility index (Phi) is 5.67. The predicted molar refractivity (Wildman–Crippen MR) is 125 cm³/mol. The van der Waals surface area contributed by atoms with E-state index >= 15 is 0 Å². The van der Waals surface area contributed by atoms with Gasteiger partial charge in [0.25, 0.3) is 0 Å². The number of aromatic nitrogens is 4. The van der Waals surface area contributed by atoms with E-state index in [0.717, 1.165) is 29.3 Å². The van der Waals surface area contributed by atoms with E-state index in [9.17, 15) is 10.1 Å². The molecule has 0 aliphatic carbocycles. The quantitative estimate of drug-likeness (QED) is 0.452. The molecule has 1 aliphatic rings. The number of nitrogens with one attached hydrogen (secondary N) is 1. The number of amides is 1. The molecule has 0 spiro atoms. The first kappa shape index (κ1) is 21.3. The first-order valence-corrected chi connectivity index (χ1v) is 11.1. The van der Waals surface area contributed by atoms with Gasteiger partial charge in [-0.25, -0.2) is 9.97 Å². The average molecular weight is 461 g/mol. The van der Waals surface area contributed by atoms with E-state index in [4.69, 9.17) is 21.3 Å². The van der Waals surface area contributed by atoms with Gasteiger partial charge in [-0.1, -0.05) is 11.6 Å². The van der Waals surface area contributed by atoms with Gasteiger partial charge in [-0.3, -0.25) is 9.78 Å². The molecule has 1 aromatic carbocycles. The molecule has 4 heterocycles. The average Bonchev–Trinajstić information content (AvgIpc) is 3.18. The Bertz CT molecular complexity index is 1410. The zero-order valence-corrected chi connectivity index (χ0v) is 18.7. The second-order valence-electron chi connectivity index (χ2n) is 8.16. The van der Waals surface area contributed by atoms with E-state index in [1.54, 1.807) is 30.6 Å². The fourth-order valence-electron chi connectivity index (χ4n) is 4.44. The molecule has 5 rings (SSSR count). The Morgan fingerprint density at radius 2 is 2.21 bits per heavy atom. The molecule has 1 saturated heterocycles. The molecule has 4 aromatic rings. The molecule has 0 saturated carbocycles. The molecule has 0 radical (unpaired) electrons. The first-order chi connectivity index (χ1) is 16.0. The van der Waals surface area contributed by atoms with Crippen molar-refractivity contribution in [2.24, 2.45) is 0 Å². The van der Waals surface area contributed by atoms with Gasteiger partial charge >= 0.3 is 0 Å². The number of nitriles is 1. The smallest absolute Gasteiger partial charge is 0.232 e. The highest BCUT2D eigenvalue weighted by Crippen LogP contribution is 2.34. The van der Waals surface area contributed by atoms with Crippen LogP contribution in [-0.4, -0.2) is 38.1 Å². The lowest BCUT2D eigenvalue weighted by molar-refractivity contribution is -0.115. The molecule has 166 valence electrons. The molecule has 33 heavy (non-hydrogen) atoms. The van der Waals surface area contributed by atoms with E-state index < -0.39 is 0 Å². The maximum absolute atomic E-state index is 12.9. The summed E-state index contributed by atoms with van der Waals surface area (Å²) in [6.45, 7) is 2.68. The molecular formula is C24H21ClN6O2. The standard InChI is InChI=1S/C24H21ClN6O2/c1-14-9-16(6-8-33-14)31-21(11-22(32)30-19-3-2-7-27-24(19)25)29-20-13-28-18-5-4-15(12-26)10-17(18)23(20)31/h2-5,7,10,13-14,16H,6,8-9,11H2,1H3,(H,30,32)/t14-,16-/m1/s1. The molecule has 8 nitrogen and oxygen atoms in total. The minimum atomic E-state index is -0.239. The van der Waals surface area contributed by atoms with Crippen molar-refractivity contribution >= 4 is 45.1 Å². The monoisotopic (exact) mass is 460 g/mol. The number of ether oxygens (including phenoxy) is 1. The second kappa shape index (κ2) is 8.77. The molecule has 1 amide bonds. The van der Waals surface area contributed by atoms with Crippen LogP contribution in [-0.2, 0) is 16.0 Å². The zero-order valence-electron chi connectivity index (χ0n) is 18.0. The van der Waals surface area contributed by atoms with Crippen LogP contribution in [0.3, 0.4) is 0 Å². The predicted octanol–water partition coefficient (Wildman–Crippen LogP) is 4.43. The summed E-state index contributed by atoms with van der Waals surface area (Å²) < 4.78 is 7.91. The minimum Gasteiger partial charge on any atom is -0.378 e. The van der Waals surface area contributed by atoms with Crippen LogP contribution in [0.5, 0.6) is 0 Å². The third-order valence-electron chi connectivity index (χ3n) is 5.89.